The quantitative estimate of drug-likeness (QED) is 0.639. The van der Waals surface area contributed by atoms with Crippen LogP contribution in [0, 0.1) is 5.92 Å². The number of anilines is 1. The number of carbonyl (C=O) groups is 1. The standard InChI is InChI=1S/C19H22ClN3O6S2/c1-29-18-9-8-16(11-17(18)20)31(27,28)23-10-2-3-13(12-23)19(24)22-14-4-6-15(7-5-14)30(21,25)26/h4-9,11,13H,2-3,10,12H2,1H3,(H,22,24)(H2,21,25,26). The zero-order valence-corrected chi connectivity index (χ0v) is 19.0. The predicted octanol–water partition coefficient (Wildman–Crippen LogP) is 2.04. The van der Waals surface area contributed by atoms with E-state index in [0.29, 0.717) is 30.8 Å². The van der Waals surface area contributed by atoms with Gasteiger partial charge in [0.2, 0.25) is 26.0 Å². The number of benzene rings is 2. The zero-order valence-electron chi connectivity index (χ0n) is 16.6. The average molecular weight is 488 g/mol. The molecule has 2 aromatic rings. The van der Waals surface area contributed by atoms with E-state index in [1.807, 2.05) is 0 Å². The highest BCUT2D eigenvalue weighted by Gasteiger charge is 2.33. The van der Waals surface area contributed by atoms with Gasteiger partial charge in [-0.15, -0.1) is 0 Å². The van der Waals surface area contributed by atoms with Crippen molar-refractivity contribution < 1.29 is 26.4 Å². The summed E-state index contributed by atoms with van der Waals surface area (Å²) in [5.41, 5.74) is 0.388. The second kappa shape index (κ2) is 9.13. The lowest BCUT2D eigenvalue weighted by atomic mass is 9.99. The van der Waals surface area contributed by atoms with Crippen molar-refractivity contribution in [1.29, 1.82) is 0 Å². The van der Waals surface area contributed by atoms with Gasteiger partial charge in [0.05, 0.1) is 27.8 Å². The van der Waals surface area contributed by atoms with E-state index in [2.05, 4.69) is 5.32 Å². The predicted molar refractivity (Wildman–Crippen MR) is 116 cm³/mol. The Morgan fingerprint density at radius 1 is 1.13 bits per heavy atom. The highest BCUT2D eigenvalue weighted by molar-refractivity contribution is 7.89. The molecule has 0 aromatic heterocycles. The molecule has 31 heavy (non-hydrogen) atoms. The molecule has 1 atom stereocenters. The van der Waals surface area contributed by atoms with E-state index in [4.69, 9.17) is 21.5 Å². The van der Waals surface area contributed by atoms with E-state index in [1.165, 1.54) is 53.9 Å². The van der Waals surface area contributed by atoms with E-state index in [0.717, 1.165) is 0 Å². The van der Waals surface area contributed by atoms with Gasteiger partial charge in [0, 0.05) is 18.8 Å². The van der Waals surface area contributed by atoms with E-state index in [9.17, 15) is 21.6 Å². The summed E-state index contributed by atoms with van der Waals surface area (Å²) in [6.45, 7) is 0.311. The largest absolute Gasteiger partial charge is 0.495 e. The summed E-state index contributed by atoms with van der Waals surface area (Å²) in [5.74, 6) is -0.545. The van der Waals surface area contributed by atoms with E-state index >= 15 is 0 Å². The Balaban J connectivity index is 1.72. The second-order valence-electron chi connectivity index (χ2n) is 7.06. The number of rotatable bonds is 6. The van der Waals surface area contributed by atoms with Crippen molar-refractivity contribution in [2.45, 2.75) is 22.6 Å². The lowest BCUT2D eigenvalue weighted by Gasteiger charge is -2.31. The van der Waals surface area contributed by atoms with Crippen molar-refractivity contribution >= 4 is 43.2 Å². The Hall–Kier alpha value is -2.18. The maximum Gasteiger partial charge on any atom is 0.243 e. The second-order valence-corrected chi connectivity index (χ2v) is 11.0. The Kier molecular flexibility index (Phi) is 6.92. The molecule has 0 aliphatic carbocycles. The number of hydrogen-bond donors (Lipinski definition) is 2. The van der Waals surface area contributed by atoms with Crippen LogP contribution in [-0.2, 0) is 24.8 Å². The van der Waals surface area contributed by atoms with Gasteiger partial charge < -0.3 is 10.1 Å². The topological polar surface area (TPSA) is 136 Å². The van der Waals surface area contributed by atoms with Gasteiger partial charge in [0.15, 0.2) is 0 Å². The maximum absolute atomic E-state index is 13.0. The molecule has 1 fully saturated rings. The maximum atomic E-state index is 13.0. The zero-order chi connectivity index (χ0) is 22.8. The normalized spacial score (nSPS) is 17.8. The number of primary sulfonamides is 1. The number of amides is 1. The number of halogens is 1. The Labute approximate surface area is 186 Å². The Bertz CT molecular complexity index is 1180. The van der Waals surface area contributed by atoms with Gasteiger partial charge in [-0.1, -0.05) is 11.6 Å². The third kappa shape index (κ3) is 5.36. The molecule has 12 heteroatoms. The molecule has 1 amide bonds. The van der Waals surface area contributed by atoms with E-state index in [-0.39, 0.29) is 27.3 Å². The van der Waals surface area contributed by atoms with Crippen LogP contribution in [0.15, 0.2) is 52.3 Å². The van der Waals surface area contributed by atoms with Crippen LogP contribution in [0.25, 0.3) is 0 Å². The summed E-state index contributed by atoms with van der Waals surface area (Å²) in [5, 5.41) is 7.93. The van der Waals surface area contributed by atoms with E-state index < -0.39 is 26.0 Å². The van der Waals surface area contributed by atoms with Crippen molar-refractivity contribution in [2.75, 3.05) is 25.5 Å². The van der Waals surface area contributed by atoms with Crippen LogP contribution in [0.4, 0.5) is 5.69 Å². The van der Waals surface area contributed by atoms with Crippen LogP contribution in [0.5, 0.6) is 5.75 Å². The number of ether oxygens (including phenoxy) is 1. The van der Waals surface area contributed by atoms with Crippen molar-refractivity contribution in [3.05, 3.63) is 47.5 Å². The molecule has 9 nitrogen and oxygen atoms in total. The number of piperidine rings is 1. The Morgan fingerprint density at radius 3 is 2.35 bits per heavy atom. The van der Waals surface area contributed by atoms with Crippen LogP contribution < -0.4 is 15.2 Å². The highest BCUT2D eigenvalue weighted by atomic mass is 35.5. The van der Waals surface area contributed by atoms with Gasteiger partial charge in [0.25, 0.3) is 0 Å². The van der Waals surface area contributed by atoms with Gasteiger partial charge in [0.1, 0.15) is 5.75 Å². The Morgan fingerprint density at radius 2 is 1.77 bits per heavy atom. The fourth-order valence-electron chi connectivity index (χ4n) is 3.30. The smallest absolute Gasteiger partial charge is 0.243 e. The van der Waals surface area contributed by atoms with Crippen LogP contribution in [0.1, 0.15) is 12.8 Å². The number of nitrogens with zero attached hydrogens (tertiary/aromatic N) is 1. The monoisotopic (exact) mass is 487 g/mol. The number of nitrogens with one attached hydrogen (secondary N) is 1. The van der Waals surface area contributed by atoms with Crippen LogP contribution in [0.3, 0.4) is 0 Å². The van der Waals surface area contributed by atoms with Gasteiger partial charge in [-0.05, 0) is 55.3 Å². The molecule has 0 saturated carbocycles. The minimum absolute atomic E-state index is 0.0209. The molecular formula is C19H22ClN3O6S2. The first kappa shape index (κ1) is 23.5. The number of nitrogens with two attached hydrogens (primary N) is 1. The van der Waals surface area contributed by atoms with E-state index in [1.54, 1.807) is 0 Å². The summed E-state index contributed by atoms with van der Waals surface area (Å²) in [6.07, 6.45) is 1.04. The highest BCUT2D eigenvalue weighted by Crippen LogP contribution is 2.30. The molecule has 1 saturated heterocycles. The molecule has 1 unspecified atom stereocenters. The molecule has 0 bridgehead atoms. The first-order valence-corrected chi connectivity index (χ1v) is 12.7. The molecule has 2 aromatic carbocycles. The summed E-state index contributed by atoms with van der Waals surface area (Å²) < 4.78 is 55.0. The molecule has 1 aliphatic heterocycles. The molecule has 1 aliphatic rings. The fraction of sp³-hybridized carbons (Fsp3) is 0.316. The molecule has 3 N–H and O–H groups in total. The molecule has 0 radical (unpaired) electrons. The molecular weight excluding hydrogens is 466 g/mol. The van der Waals surface area contributed by atoms with Crippen LogP contribution >= 0.6 is 11.6 Å². The third-order valence-electron chi connectivity index (χ3n) is 4.97. The summed E-state index contributed by atoms with van der Waals surface area (Å²) in [4.78, 5) is 12.6. The lowest BCUT2D eigenvalue weighted by Crippen LogP contribution is -2.43. The van der Waals surface area contributed by atoms with Gasteiger partial charge in [-0.25, -0.2) is 22.0 Å². The van der Waals surface area contributed by atoms with Crippen molar-refractivity contribution in [3.63, 3.8) is 0 Å². The number of sulfonamides is 2. The summed E-state index contributed by atoms with van der Waals surface area (Å²) >= 11 is 6.07. The average Bonchev–Trinajstić information content (AvgIpc) is 2.73. The summed E-state index contributed by atoms with van der Waals surface area (Å²) in [7, 11) is -6.23. The summed E-state index contributed by atoms with van der Waals surface area (Å²) in [6, 6.07) is 9.65. The van der Waals surface area contributed by atoms with Crippen LogP contribution in [-0.4, -0.2) is 47.2 Å². The minimum Gasteiger partial charge on any atom is -0.495 e. The first-order valence-electron chi connectivity index (χ1n) is 9.30. The molecule has 168 valence electrons. The number of carbonyl (C=O) groups excluding carboxylic acids is 1. The van der Waals surface area contributed by atoms with Gasteiger partial charge in [-0.2, -0.15) is 4.31 Å². The molecule has 1 heterocycles. The first-order chi connectivity index (χ1) is 14.5. The molecule has 0 spiro atoms. The van der Waals surface area contributed by atoms with Gasteiger partial charge in [-0.3, -0.25) is 4.79 Å². The fourth-order valence-corrected chi connectivity index (χ4v) is 5.69. The third-order valence-corrected chi connectivity index (χ3v) is 8.05. The van der Waals surface area contributed by atoms with Crippen LogP contribution in [0.2, 0.25) is 5.02 Å². The van der Waals surface area contributed by atoms with Gasteiger partial charge >= 0.3 is 0 Å². The molecule has 3 rings (SSSR count). The SMILES string of the molecule is COc1ccc(S(=O)(=O)N2CCCC(C(=O)Nc3ccc(S(N)(=O)=O)cc3)C2)cc1Cl. The van der Waals surface area contributed by atoms with Crippen molar-refractivity contribution in [2.24, 2.45) is 11.1 Å². The minimum atomic E-state index is -3.84. The van der Waals surface area contributed by atoms with Crippen molar-refractivity contribution in [1.82, 2.24) is 4.31 Å². The number of hydrogen-bond acceptors (Lipinski definition) is 6. The van der Waals surface area contributed by atoms with Crippen molar-refractivity contribution in [3.8, 4) is 5.75 Å². The lowest BCUT2D eigenvalue weighted by molar-refractivity contribution is -0.120. The number of methoxy groups -OCH3 is 1.